The first kappa shape index (κ1) is 13.7. The van der Waals surface area contributed by atoms with E-state index < -0.39 is 0 Å². The van der Waals surface area contributed by atoms with Crippen LogP contribution in [-0.2, 0) is 6.42 Å². The molecule has 1 aliphatic heterocycles. The monoisotopic (exact) mass is 285 g/mol. The minimum Gasteiger partial charge on any atom is -0.506 e. The maximum atomic E-state index is 12.9. The Kier molecular flexibility index (Phi) is 3.24. The number of carbonyl (C=O) groups is 1. The van der Waals surface area contributed by atoms with E-state index >= 15 is 0 Å². The third-order valence-electron chi connectivity index (χ3n) is 4.22. The summed E-state index contributed by atoms with van der Waals surface area (Å²) in [5.41, 5.74) is 3.15. The first-order valence-electron chi connectivity index (χ1n) is 7.20. The third kappa shape index (κ3) is 2.11. The number of fused-ring (bicyclic) bond motifs is 1. The van der Waals surface area contributed by atoms with Crippen LogP contribution in [0.3, 0.4) is 0 Å². The quantitative estimate of drug-likeness (QED) is 0.872. The van der Waals surface area contributed by atoms with Gasteiger partial charge in [-0.1, -0.05) is 12.1 Å². The van der Waals surface area contributed by atoms with Crippen molar-refractivity contribution < 1.29 is 14.3 Å². The molecule has 0 radical (unpaired) electrons. The van der Waals surface area contributed by atoms with Gasteiger partial charge < -0.3 is 14.4 Å². The molecule has 0 bridgehead atoms. The number of phenols is 1. The van der Waals surface area contributed by atoms with Crippen molar-refractivity contribution in [3.8, 4) is 5.75 Å². The third-order valence-corrected chi connectivity index (χ3v) is 4.22. The van der Waals surface area contributed by atoms with Crippen LogP contribution in [0.1, 0.15) is 39.4 Å². The minimum atomic E-state index is -0.0932. The maximum absolute atomic E-state index is 12.9. The molecule has 0 spiro atoms. The summed E-state index contributed by atoms with van der Waals surface area (Å²) in [5, 5.41) is 10.1. The van der Waals surface area contributed by atoms with Crippen molar-refractivity contribution in [2.75, 3.05) is 11.4 Å². The largest absolute Gasteiger partial charge is 0.506 e. The molecule has 4 nitrogen and oxygen atoms in total. The summed E-state index contributed by atoms with van der Waals surface area (Å²) >= 11 is 0. The molecule has 0 fully saturated rings. The van der Waals surface area contributed by atoms with Crippen LogP contribution in [0.2, 0.25) is 0 Å². The molecular formula is C17H19NO3. The number of anilines is 1. The molecule has 1 amide bonds. The predicted molar refractivity (Wildman–Crippen MR) is 81.0 cm³/mol. The summed E-state index contributed by atoms with van der Waals surface area (Å²) in [4.78, 5) is 14.6. The Balaban J connectivity index is 2.09. The van der Waals surface area contributed by atoms with Crippen LogP contribution in [0.15, 0.2) is 22.6 Å². The van der Waals surface area contributed by atoms with Crippen molar-refractivity contribution >= 4 is 11.6 Å². The van der Waals surface area contributed by atoms with Gasteiger partial charge in [0, 0.05) is 12.1 Å². The molecule has 0 aliphatic carbocycles. The second-order valence-corrected chi connectivity index (χ2v) is 5.56. The van der Waals surface area contributed by atoms with Crippen molar-refractivity contribution in [3.05, 3.63) is 46.4 Å². The number of furan rings is 1. The van der Waals surface area contributed by atoms with Crippen LogP contribution in [0.25, 0.3) is 0 Å². The van der Waals surface area contributed by atoms with E-state index in [4.69, 9.17) is 4.42 Å². The number of hydrogen-bond donors (Lipinski definition) is 1. The number of amides is 1. The molecule has 0 atom stereocenters. The Morgan fingerprint density at radius 2 is 2.00 bits per heavy atom. The van der Waals surface area contributed by atoms with Crippen molar-refractivity contribution in [2.45, 2.75) is 33.6 Å². The highest BCUT2D eigenvalue weighted by Crippen LogP contribution is 2.37. The highest BCUT2D eigenvalue weighted by Gasteiger charge is 2.29. The molecule has 0 saturated heterocycles. The molecule has 3 rings (SSSR count). The molecule has 1 aromatic carbocycles. The van der Waals surface area contributed by atoms with E-state index in [-0.39, 0.29) is 11.7 Å². The molecule has 1 N–H and O–H groups in total. The molecule has 2 aromatic rings. The molecule has 1 aromatic heterocycles. The van der Waals surface area contributed by atoms with Gasteiger partial charge >= 0.3 is 0 Å². The van der Waals surface area contributed by atoms with Crippen LogP contribution >= 0.6 is 0 Å². The average Bonchev–Trinajstić information content (AvgIpc) is 2.71. The van der Waals surface area contributed by atoms with E-state index in [9.17, 15) is 9.90 Å². The SMILES string of the molecule is Cc1oc(C)c(C(=O)N2CCCc3cccc(O)c32)c1C. The first-order valence-corrected chi connectivity index (χ1v) is 7.20. The van der Waals surface area contributed by atoms with Crippen molar-refractivity contribution in [1.82, 2.24) is 0 Å². The number of aromatic hydroxyl groups is 1. The Labute approximate surface area is 124 Å². The van der Waals surface area contributed by atoms with Gasteiger partial charge in [-0.3, -0.25) is 4.79 Å². The van der Waals surface area contributed by atoms with Gasteiger partial charge in [0.2, 0.25) is 0 Å². The average molecular weight is 285 g/mol. The molecule has 0 unspecified atom stereocenters. The summed E-state index contributed by atoms with van der Waals surface area (Å²) in [6.07, 6.45) is 1.78. The summed E-state index contributed by atoms with van der Waals surface area (Å²) in [6, 6.07) is 5.42. The van der Waals surface area contributed by atoms with Gasteiger partial charge in [-0.2, -0.15) is 0 Å². The highest BCUT2D eigenvalue weighted by atomic mass is 16.3. The van der Waals surface area contributed by atoms with E-state index in [0.717, 1.165) is 29.7 Å². The zero-order valence-corrected chi connectivity index (χ0v) is 12.6. The molecule has 2 heterocycles. The summed E-state index contributed by atoms with van der Waals surface area (Å²) in [5.74, 6) is 1.48. The molecule has 4 heteroatoms. The fourth-order valence-corrected chi connectivity index (χ4v) is 3.08. The molecular weight excluding hydrogens is 266 g/mol. The topological polar surface area (TPSA) is 53.7 Å². The number of rotatable bonds is 1. The van der Waals surface area contributed by atoms with E-state index in [1.807, 2.05) is 32.9 Å². The number of aryl methyl sites for hydroxylation is 3. The fourth-order valence-electron chi connectivity index (χ4n) is 3.08. The molecule has 1 aliphatic rings. The standard InChI is InChI=1S/C17H19NO3/c1-10-11(2)21-12(3)15(10)17(20)18-9-5-7-13-6-4-8-14(19)16(13)18/h4,6,8,19H,5,7,9H2,1-3H3. The lowest BCUT2D eigenvalue weighted by atomic mass is 9.99. The highest BCUT2D eigenvalue weighted by molar-refractivity contribution is 6.09. The fraction of sp³-hybridized carbons (Fsp3) is 0.353. The van der Waals surface area contributed by atoms with Gasteiger partial charge in [-0.25, -0.2) is 0 Å². The number of carbonyl (C=O) groups excluding carboxylic acids is 1. The van der Waals surface area contributed by atoms with E-state index in [1.54, 1.807) is 11.0 Å². The number of para-hydroxylation sites is 1. The Morgan fingerprint density at radius 3 is 2.67 bits per heavy atom. The molecule has 110 valence electrons. The molecule has 0 saturated carbocycles. The van der Waals surface area contributed by atoms with Gasteiger partial charge in [0.05, 0.1) is 11.3 Å². The van der Waals surface area contributed by atoms with Crippen LogP contribution in [0.5, 0.6) is 5.75 Å². The van der Waals surface area contributed by atoms with Crippen molar-refractivity contribution in [3.63, 3.8) is 0 Å². The second kappa shape index (κ2) is 4.95. The summed E-state index contributed by atoms with van der Waals surface area (Å²) in [6.45, 7) is 6.19. The van der Waals surface area contributed by atoms with E-state index in [0.29, 0.717) is 23.6 Å². The predicted octanol–water partition coefficient (Wildman–Crippen LogP) is 3.50. The van der Waals surface area contributed by atoms with Gasteiger partial charge in [0.25, 0.3) is 5.91 Å². The van der Waals surface area contributed by atoms with E-state index in [2.05, 4.69) is 0 Å². The van der Waals surface area contributed by atoms with Crippen molar-refractivity contribution in [2.24, 2.45) is 0 Å². The van der Waals surface area contributed by atoms with Crippen LogP contribution < -0.4 is 4.90 Å². The lowest BCUT2D eigenvalue weighted by molar-refractivity contribution is 0.0982. The van der Waals surface area contributed by atoms with Crippen LogP contribution in [0, 0.1) is 20.8 Å². The zero-order valence-electron chi connectivity index (χ0n) is 12.6. The van der Waals surface area contributed by atoms with Gasteiger partial charge in [-0.05, 0) is 45.2 Å². The number of phenolic OH excluding ortho intramolecular Hbond substituents is 1. The lowest BCUT2D eigenvalue weighted by Gasteiger charge is -2.30. The minimum absolute atomic E-state index is 0.0932. The van der Waals surface area contributed by atoms with Gasteiger partial charge in [0.1, 0.15) is 17.3 Å². The zero-order chi connectivity index (χ0) is 15.1. The Morgan fingerprint density at radius 1 is 1.24 bits per heavy atom. The van der Waals surface area contributed by atoms with Gasteiger partial charge in [-0.15, -0.1) is 0 Å². The van der Waals surface area contributed by atoms with Gasteiger partial charge in [0.15, 0.2) is 0 Å². The Bertz CT molecular complexity index is 715. The lowest BCUT2D eigenvalue weighted by Crippen LogP contribution is -2.36. The normalized spacial score (nSPS) is 14.1. The molecule has 21 heavy (non-hydrogen) atoms. The smallest absolute Gasteiger partial charge is 0.262 e. The number of nitrogens with zero attached hydrogens (tertiary/aromatic N) is 1. The maximum Gasteiger partial charge on any atom is 0.262 e. The number of hydrogen-bond acceptors (Lipinski definition) is 3. The van der Waals surface area contributed by atoms with E-state index in [1.165, 1.54) is 0 Å². The summed E-state index contributed by atoms with van der Waals surface area (Å²) < 4.78 is 5.57. The number of benzene rings is 1. The van der Waals surface area contributed by atoms with Crippen LogP contribution in [-0.4, -0.2) is 17.6 Å². The summed E-state index contributed by atoms with van der Waals surface area (Å²) in [7, 11) is 0. The first-order chi connectivity index (χ1) is 10.0. The van der Waals surface area contributed by atoms with Crippen molar-refractivity contribution in [1.29, 1.82) is 0 Å². The second-order valence-electron chi connectivity index (χ2n) is 5.56. The van der Waals surface area contributed by atoms with Crippen LogP contribution in [0.4, 0.5) is 5.69 Å². The Hall–Kier alpha value is -2.23.